The molecule has 1 aromatic heterocycles. The molecule has 1 unspecified atom stereocenters. The van der Waals surface area contributed by atoms with Gasteiger partial charge in [-0.05, 0) is 43.2 Å². The molecular formula is C17H14F2N2O2S2. The molecule has 0 saturated carbocycles. The van der Waals surface area contributed by atoms with E-state index in [9.17, 15) is 17.2 Å². The maximum absolute atomic E-state index is 13.5. The van der Waals surface area contributed by atoms with Gasteiger partial charge in [0.05, 0.1) is 21.2 Å². The molecule has 0 bridgehead atoms. The van der Waals surface area contributed by atoms with Crippen LogP contribution >= 0.6 is 11.3 Å². The van der Waals surface area contributed by atoms with E-state index < -0.39 is 21.7 Å². The van der Waals surface area contributed by atoms with Gasteiger partial charge in [-0.2, -0.15) is 4.31 Å². The van der Waals surface area contributed by atoms with Crippen molar-refractivity contribution in [1.82, 2.24) is 9.29 Å². The summed E-state index contributed by atoms with van der Waals surface area (Å²) in [4.78, 5) is 4.33. The van der Waals surface area contributed by atoms with Crippen LogP contribution < -0.4 is 0 Å². The maximum atomic E-state index is 13.5. The summed E-state index contributed by atoms with van der Waals surface area (Å²) in [5.41, 5.74) is 0.833. The lowest BCUT2D eigenvalue weighted by Crippen LogP contribution is -2.30. The van der Waals surface area contributed by atoms with Gasteiger partial charge in [0.15, 0.2) is 11.6 Å². The Balaban J connectivity index is 1.74. The summed E-state index contributed by atoms with van der Waals surface area (Å²) in [5, 5.41) is 0.727. The van der Waals surface area contributed by atoms with E-state index in [4.69, 9.17) is 0 Å². The molecule has 4 rings (SSSR count). The number of sulfonamides is 1. The van der Waals surface area contributed by atoms with Gasteiger partial charge in [0, 0.05) is 6.54 Å². The molecule has 25 heavy (non-hydrogen) atoms. The number of benzene rings is 2. The van der Waals surface area contributed by atoms with E-state index in [1.54, 1.807) is 0 Å². The molecule has 3 aromatic rings. The minimum Gasteiger partial charge on any atom is -0.239 e. The van der Waals surface area contributed by atoms with Crippen molar-refractivity contribution in [1.29, 1.82) is 0 Å². The van der Waals surface area contributed by atoms with Gasteiger partial charge in [0.2, 0.25) is 10.0 Å². The van der Waals surface area contributed by atoms with Crippen LogP contribution in [0.3, 0.4) is 0 Å². The summed E-state index contributed by atoms with van der Waals surface area (Å²) >= 11 is 1.46. The van der Waals surface area contributed by atoms with Gasteiger partial charge in [0.25, 0.3) is 0 Å². The first-order valence-corrected chi connectivity index (χ1v) is 10.0. The second-order valence-corrected chi connectivity index (χ2v) is 8.82. The number of hydrogen-bond donors (Lipinski definition) is 0. The molecule has 1 saturated heterocycles. The predicted molar refractivity (Wildman–Crippen MR) is 91.8 cm³/mol. The van der Waals surface area contributed by atoms with E-state index in [0.29, 0.717) is 19.4 Å². The number of para-hydroxylation sites is 1. The summed E-state index contributed by atoms with van der Waals surface area (Å²) in [7, 11) is -3.92. The van der Waals surface area contributed by atoms with Gasteiger partial charge in [-0.25, -0.2) is 22.2 Å². The third-order valence-electron chi connectivity index (χ3n) is 4.30. The van der Waals surface area contributed by atoms with Gasteiger partial charge >= 0.3 is 0 Å². The van der Waals surface area contributed by atoms with Crippen molar-refractivity contribution < 1.29 is 17.2 Å². The van der Waals surface area contributed by atoms with Crippen LogP contribution in [0.2, 0.25) is 0 Å². The van der Waals surface area contributed by atoms with Crippen LogP contribution in [-0.2, 0) is 10.0 Å². The Morgan fingerprint density at radius 3 is 2.68 bits per heavy atom. The average Bonchev–Trinajstić information content (AvgIpc) is 3.23. The van der Waals surface area contributed by atoms with Crippen LogP contribution in [0, 0.1) is 11.6 Å². The first-order valence-electron chi connectivity index (χ1n) is 7.79. The van der Waals surface area contributed by atoms with Crippen LogP contribution in [0.25, 0.3) is 10.2 Å². The van der Waals surface area contributed by atoms with Gasteiger partial charge < -0.3 is 0 Å². The Kier molecular flexibility index (Phi) is 4.05. The second-order valence-electron chi connectivity index (χ2n) is 5.87. The van der Waals surface area contributed by atoms with Gasteiger partial charge in [-0.15, -0.1) is 11.3 Å². The maximum Gasteiger partial charge on any atom is 0.243 e. The molecule has 0 radical (unpaired) electrons. The van der Waals surface area contributed by atoms with Crippen molar-refractivity contribution in [3.8, 4) is 0 Å². The lowest BCUT2D eigenvalue weighted by molar-refractivity contribution is 0.395. The molecule has 8 heteroatoms. The van der Waals surface area contributed by atoms with Crippen molar-refractivity contribution in [3.63, 3.8) is 0 Å². The zero-order valence-corrected chi connectivity index (χ0v) is 14.7. The molecule has 2 heterocycles. The normalized spacial score (nSPS) is 18.9. The Morgan fingerprint density at radius 1 is 1.12 bits per heavy atom. The summed E-state index contributed by atoms with van der Waals surface area (Å²) in [5.74, 6) is -2.24. The van der Waals surface area contributed by atoms with Crippen LogP contribution in [0.4, 0.5) is 8.78 Å². The number of rotatable bonds is 3. The Hall–Kier alpha value is -1.90. The van der Waals surface area contributed by atoms with Crippen LogP contribution in [0.15, 0.2) is 47.4 Å². The highest BCUT2D eigenvalue weighted by Crippen LogP contribution is 2.39. The van der Waals surface area contributed by atoms with E-state index >= 15 is 0 Å². The topological polar surface area (TPSA) is 50.3 Å². The summed E-state index contributed by atoms with van der Waals surface area (Å²) in [6.07, 6.45) is 1.35. The summed E-state index contributed by atoms with van der Waals surface area (Å²) in [6.45, 7) is 0.335. The molecule has 130 valence electrons. The molecule has 0 spiro atoms. The third-order valence-corrected chi connectivity index (χ3v) is 7.34. The van der Waals surface area contributed by atoms with Crippen molar-refractivity contribution in [3.05, 3.63) is 59.1 Å². The van der Waals surface area contributed by atoms with Crippen LogP contribution in [0.1, 0.15) is 23.9 Å². The number of hydrogen-bond acceptors (Lipinski definition) is 4. The standard InChI is InChI=1S/C17H14F2N2O2S2/c18-12-8-7-11(10-13(12)19)25(22,23)21-9-3-5-15(21)17-20-14-4-1-2-6-16(14)24-17/h1-2,4,6-8,10,15H,3,5,9H2. The number of nitrogens with zero attached hydrogens (tertiary/aromatic N) is 2. The monoisotopic (exact) mass is 380 g/mol. The Morgan fingerprint density at radius 2 is 1.92 bits per heavy atom. The van der Waals surface area contributed by atoms with Crippen LogP contribution in [0.5, 0.6) is 0 Å². The lowest BCUT2D eigenvalue weighted by Gasteiger charge is -2.22. The highest BCUT2D eigenvalue weighted by Gasteiger charge is 2.38. The summed E-state index contributed by atoms with van der Waals surface area (Å²) in [6, 6.07) is 9.92. The van der Waals surface area contributed by atoms with Crippen molar-refractivity contribution >= 4 is 31.6 Å². The quantitative estimate of drug-likeness (QED) is 0.687. The minimum atomic E-state index is -3.92. The smallest absolute Gasteiger partial charge is 0.239 e. The van der Waals surface area contributed by atoms with Crippen molar-refractivity contribution in [2.24, 2.45) is 0 Å². The average molecular weight is 380 g/mol. The molecular weight excluding hydrogens is 366 g/mol. The molecule has 1 aliphatic rings. The van der Waals surface area contributed by atoms with Crippen LogP contribution in [-0.4, -0.2) is 24.3 Å². The van der Waals surface area contributed by atoms with E-state index in [1.807, 2.05) is 24.3 Å². The summed E-state index contributed by atoms with van der Waals surface area (Å²) < 4.78 is 54.8. The molecule has 1 aliphatic heterocycles. The fourth-order valence-corrected chi connectivity index (χ4v) is 5.93. The van der Waals surface area contributed by atoms with E-state index in [-0.39, 0.29) is 10.9 Å². The molecule has 4 nitrogen and oxygen atoms in total. The molecule has 0 N–H and O–H groups in total. The number of thiazole rings is 1. The zero-order chi connectivity index (χ0) is 17.6. The fourth-order valence-electron chi connectivity index (χ4n) is 3.08. The molecule has 0 amide bonds. The van der Waals surface area contributed by atoms with E-state index in [0.717, 1.165) is 33.4 Å². The minimum absolute atomic E-state index is 0.237. The Bertz CT molecular complexity index is 1020. The van der Waals surface area contributed by atoms with E-state index in [2.05, 4.69) is 4.98 Å². The second kappa shape index (κ2) is 6.12. The number of fused-ring (bicyclic) bond motifs is 1. The van der Waals surface area contributed by atoms with Crippen molar-refractivity contribution in [2.75, 3.05) is 6.54 Å². The SMILES string of the molecule is O=S(=O)(c1ccc(F)c(F)c1)N1CCCC1c1nc2ccccc2s1. The molecule has 1 fully saturated rings. The van der Waals surface area contributed by atoms with Gasteiger partial charge in [-0.1, -0.05) is 12.1 Å². The number of aromatic nitrogens is 1. The zero-order valence-electron chi connectivity index (χ0n) is 13.0. The molecule has 1 atom stereocenters. The highest BCUT2D eigenvalue weighted by atomic mass is 32.2. The Labute approximate surface area is 147 Å². The third kappa shape index (κ3) is 2.84. The first-order chi connectivity index (χ1) is 12.0. The fraction of sp³-hybridized carbons (Fsp3) is 0.235. The van der Waals surface area contributed by atoms with E-state index in [1.165, 1.54) is 15.6 Å². The molecule has 2 aromatic carbocycles. The lowest BCUT2D eigenvalue weighted by atomic mass is 10.2. The number of halogens is 2. The largest absolute Gasteiger partial charge is 0.243 e. The highest BCUT2D eigenvalue weighted by molar-refractivity contribution is 7.89. The predicted octanol–water partition coefficient (Wildman–Crippen LogP) is 4.10. The first kappa shape index (κ1) is 16.6. The van der Waals surface area contributed by atoms with Gasteiger partial charge in [-0.3, -0.25) is 0 Å². The molecule has 0 aliphatic carbocycles. The van der Waals surface area contributed by atoms with Gasteiger partial charge in [0.1, 0.15) is 5.01 Å². The van der Waals surface area contributed by atoms with Crippen molar-refractivity contribution in [2.45, 2.75) is 23.8 Å².